The van der Waals surface area contributed by atoms with E-state index in [0.717, 1.165) is 0 Å². The fourth-order valence-corrected chi connectivity index (χ4v) is 1.42. The lowest BCUT2D eigenvalue weighted by molar-refractivity contribution is 0.436. The topological polar surface area (TPSA) is 0 Å². The second-order valence-corrected chi connectivity index (χ2v) is 4.50. The van der Waals surface area contributed by atoms with E-state index in [9.17, 15) is 13.2 Å². The summed E-state index contributed by atoms with van der Waals surface area (Å²) in [5, 5.41) is -0.395. The van der Waals surface area contributed by atoms with E-state index in [-0.39, 0.29) is 5.56 Å². The van der Waals surface area contributed by atoms with Crippen LogP contribution in [0, 0.1) is 17.5 Å². The first-order chi connectivity index (χ1) is 6.25. The minimum atomic E-state index is -1.17. The van der Waals surface area contributed by atoms with Crippen LogP contribution in [0.15, 0.2) is 6.07 Å². The van der Waals surface area contributed by atoms with E-state index in [1.807, 2.05) is 0 Å². The third-order valence-corrected chi connectivity index (χ3v) is 2.14. The summed E-state index contributed by atoms with van der Waals surface area (Å²) in [7, 11) is 0. The van der Waals surface area contributed by atoms with Crippen LogP contribution in [0.2, 0.25) is 5.02 Å². The van der Waals surface area contributed by atoms with Gasteiger partial charge in [0.25, 0.3) is 0 Å². The van der Waals surface area contributed by atoms with Gasteiger partial charge in [-0.15, -0.1) is 0 Å². The zero-order valence-corrected chi connectivity index (χ0v) is 8.85. The first-order valence-electron chi connectivity index (χ1n) is 4.08. The molecule has 0 saturated heterocycles. The molecule has 0 aliphatic rings. The van der Waals surface area contributed by atoms with E-state index in [0.29, 0.717) is 6.07 Å². The largest absolute Gasteiger partial charge is 0.205 e. The molecule has 0 spiro atoms. The maximum Gasteiger partial charge on any atom is 0.165 e. The molecular weight excluding hydrogens is 213 g/mol. The Labute approximate surface area is 85.7 Å². The molecule has 1 aromatic carbocycles. The van der Waals surface area contributed by atoms with Crippen molar-refractivity contribution in [2.75, 3.05) is 0 Å². The highest BCUT2D eigenvalue weighted by molar-refractivity contribution is 6.30. The van der Waals surface area contributed by atoms with E-state index in [1.54, 1.807) is 20.8 Å². The molecule has 0 saturated carbocycles. The second kappa shape index (κ2) is 3.46. The number of benzene rings is 1. The summed E-state index contributed by atoms with van der Waals surface area (Å²) in [6, 6.07) is 0.640. The summed E-state index contributed by atoms with van der Waals surface area (Å²) < 4.78 is 39.6. The van der Waals surface area contributed by atoms with E-state index in [2.05, 4.69) is 0 Å². The predicted molar refractivity (Wildman–Crippen MR) is 50.0 cm³/mol. The van der Waals surface area contributed by atoms with Crippen molar-refractivity contribution in [3.8, 4) is 0 Å². The lowest BCUT2D eigenvalue weighted by Gasteiger charge is -2.21. The molecule has 0 nitrogen and oxygen atoms in total. The third-order valence-electron chi connectivity index (χ3n) is 1.86. The Balaban J connectivity index is 3.56. The van der Waals surface area contributed by atoms with Crippen molar-refractivity contribution in [2.24, 2.45) is 0 Å². The molecule has 0 radical (unpaired) electrons. The highest BCUT2D eigenvalue weighted by Gasteiger charge is 2.27. The summed E-state index contributed by atoms with van der Waals surface area (Å²) >= 11 is 5.42. The van der Waals surface area contributed by atoms with Gasteiger partial charge in [-0.25, -0.2) is 13.2 Å². The van der Waals surface area contributed by atoms with Gasteiger partial charge < -0.3 is 0 Å². The Hall–Kier alpha value is -0.700. The maximum absolute atomic E-state index is 13.4. The third kappa shape index (κ3) is 1.87. The van der Waals surface area contributed by atoms with Crippen LogP contribution in [-0.4, -0.2) is 0 Å². The monoisotopic (exact) mass is 222 g/mol. The molecule has 78 valence electrons. The molecule has 0 unspecified atom stereocenters. The van der Waals surface area contributed by atoms with Crippen LogP contribution in [-0.2, 0) is 5.41 Å². The van der Waals surface area contributed by atoms with Crippen LogP contribution < -0.4 is 0 Å². The van der Waals surface area contributed by atoms with Crippen LogP contribution in [0.1, 0.15) is 26.3 Å². The Kier molecular flexibility index (Phi) is 2.81. The standard InChI is InChI=1S/C10H10ClF3/c1-10(2,3)7-8(13)5(11)4-6(12)9(7)14/h4H,1-3H3. The lowest BCUT2D eigenvalue weighted by Crippen LogP contribution is -2.17. The molecule has 4 heteroatoms. The van der Waals surface area contributed by atoms with E-state index < -0.39 is 27.9 Å². The first kappa shape index (κ1) is 11.4. The summed E-state index contributed by atoms with van der Waals surface area (Å²) in [6.45, 7) is 4.76. The molecule has 0 atom stereocenters. The quantitative estimate of drug-likeness (QED) is 0.581. The Morgan fingerprint density at radius 2 is 1.57 bits per heavy atom. The molecule has 0 amide bonds. The van der Waals surface area contributed by atoms with E-state index >= 15 is 0 Å². The van der Waals surface area contributed by atoms with Gasteiger partial charge in [0, 0.05) is 5.56 Å². The molecule has 1 rings (SSSR count). The highest BCUT2D eigenvalue weighted by atomic mass is 35.5. The van der Waals surface area contributed by atoms with Gasteiger partial charge in [0.15, 0.2) is 11.6 Å². The van der Waals surface area contributed by atoms with Gasteiger partial charge in [-0.3, -0.25) is 0 Å². The fraction of sp³-hybridized carbons (Fsp3) is 0.400. The van der Waals surface area contributed by atoms with Crippen molar-refractivity contribution in [3.05, 3.63) is 34.1 Å². The van der Waals surface area contributed by atoms with Gasteiger partial charge in [0.1, 0.15) is 5.82 Å². The van der Waals surface area contributed by atoms with Crippen LogP contribution >= 0.6 is 11.6 Å². The molecule has 14 heavy (non-hydrogen) atoms. The first-order valence-corrected chi connectivity index (χ1v) is 4.46. The zero-order chi connectivity index (χ0) is 11.1. The van der Waals surface area contributed by atoms with Crippen molar-refractivity contribution in [2.45, 2.75) is 26.2 Å². The van der Waals surface area contributed by atoms with E-state index in [4.69, 9.17) is 11.6 Å². The van der Waals surface area contributed by atoms with Gasteiger partial charge in [0.05, 0.1) is 5.02 Å². The number of halogens is 4. The predicted octanol–water partition coefficient (Wildman–Crippen LogP) is 4.05. The molecule has 0 fully saturated rings. The van der Waals surface area contributed by atoms with Crippen LogP contribution in [0.4, 0.5) is 13.2 Å². The van der Waals surface area contributed by atoms with Gasteiger partial charge in [-0.1, -0.05) is 32.4 Å². The fourth-order valence-electron chi connectivity index (χ4n) is 1.23. The molecular formula is C10H10ClF3. The van der Waals surface area contributed by atoms with Gasteiger partial charge in [0.2, 0.25) is 0 Å². The highest BCUT2D eigenvalue weighted by Crippen LogP contribution is 2.32. The van der Waals surface area contributed by atoms with Crippen molar-refractivity contribution in [1.82, 2.24) is 0 Å². The molecule has 0 aliphatic heterocycles. The van der Waals surface area contributed by atoms with Crippen LogP contribution in [0.5, 0.6) is 0 Å². The summed E-state index contributed by atoms with van der Waals surface area (Å²) in [4.78, 5) is 0. The average molecular weight is 223 g/mol. The SMILES string of the molecule is CC(C)(C)c1c(F)c(F)cc(Cl)c1F. The smallest absolute Gasteiger partial charge is 0.165 e. The maximum atomic E-state index is 13.4. The molecule has 0 heterocycles. The van der Waals surface area contributed by atoms with Crippen LogP contribution in [0.3, 0.4) is 0 Å². The summed E-state index contributed by atoms with van der Waals surface area (Å²) in [5.74, 6) is -3.18. The van der Waals surface area contributed by atoms with Crippen LogP contribution in [0.25, 0.3) is 0 Å². The number of hydrogen-bond donors (Lipinski definition) is 0. The summed E-state index contributed by atoms with van der Waals surface area (Å²) in [5.41, 5.74) is -1.14. The van der Waals surface area contributed by atoms with E-state index in [1.165, 1.54) is 0 Å². The molecule has 0 aromatic heterocycles. The number of hydrogen-bond acceptors (Lipinski definition) is 0. The zero-order valence-electron chi connectivity index (χ0n) is 8.09. The molecule has 0 aliphatic carbocycles. The Morgan fingerprint density at radius 1 is 1.07 bits per heavy atom. The minimum absolute atomic E-state index is 0.317. The summed E-state index contributed by atoms with van der Waals surface area (Å²) in [6.07, 6.45) is 0. The van der Waals surface area contributed by atoms with Crippen molar-refractivity contribution < 1.29 is 13.2 Å². The Bertz CT molecular complexity index is 340. The second-order valence-electron chi connectivity index (χ2n) is 4.09. The lowest BCUT2D eigenvalue weighted by atomic mass is 9.86. The van der Waals surface area contributed by atoms with Crippen molar-refractivity contribution in [1.29, 1.82) is 0 Å². The minimum Gasteiger partial charge on any atom is -0.205 e. The molecule has 0 N–H and O–H groups in total. The average Bonchev–Trinajstić information content (AvgIpc) is 1.98. The normalized spacial score (nSPS) is 11.9. The Morgan fingerprint density at radius 3 is 2.00 bits per heavy atom. The van der Waals surface area contributed by atoms with Crippen molar-refractivity contribution in [3.63, 3.8) is 0 Å². The van der Waals surface area contributed by atoms with Gasteiger partial charge in [-0.2, -0.15) is 0 Å². The van der Waals surface area contributed by atoms with Crippen molar-refractivity contribution >= 4 is 11.6 Å². The molecule has 0 bridgehead atoms. The van der Waals surface area contributed by atoms with Gasteiger partial charge >= 0.3 is 0 Å². The number of rotatable bonds is 0. The molecule has 1 aromatic rings. The van der Waals surface area contributed by atoms with Gasteiger partial charge in [-0.05, 0) is 11.5 Å².